The minimum Gasteiger partial charge on any atom is -0.444 e. The molecule has 0 aromatic carbocycles. The van der Waals surface area contributed by atoms with Crippen molar-refractivity contribution in [1.29, 1.82) is 0 Å². The van der Waals surface area contributed by atoms with E-state index in [1.165, 1.54) is 9.80 Å². The molecule has 1 fully saturated rings. The smallest absolute Gasteiger partial charge is 0.443 e. The zero-order valence-corrected chi connectivity index (χ0v) is 19.2. The summed E-state index contributed by atoms with van der Waals surface area (Å²) in [5.41, 5.74) is -2.17. The van der Waals surface area contributed by atoms with E-state index in [1.807, 2.05) is 0 Å². The van der Waals surface area contributed by atoms with Gasteiger partial charge in [-0.25, -0.2) is 9.78 Å². The summed E-state index contributed by atoms with van der Waals surface area (Å²) >= 11 is 0.333. The van der Waals surface area contributed by atoms with Crippen LogP contribution in [0.5, 0.6) is 0 Å². The largest absolute Gasteiger partial charge is 0.444 e. The number of alkyl halides is 6. The normalized spacial score (nSPS) is 17.8. The average molecular weight is 512 g/mol. The minimum atomic E-state index is -4.77. The van der Waals surface area contributed by atoms with E-state index in [1.54, 1.807) is 20.8 Å². The van der Waals surface area contributed by atoms with E-state index in [2.05, 4.69) is 9.97 Å². The molecule has 0 aliphatic carbocycles. The number of ether oxygens (including phenoxy) is 1. The number of aliphatic hydroxyl groups excluding tert-OH is 1. The molecule has 188 valence electrons. The number of amides is 1. The van der Waals surface area contributed by atoms with Crippen LogP contribution in [0.1, 0.15) is 31.5 Å². The highest BCUT2D eigenvalue weighted by atomic mass is 32.1. The van der Waals surface area contributed by atoms with Gasteiger partial charge in [0, 0.05) is 31.4 Å². The lowest BCUT2D eigenvalue weighted by Gasteiger charge is -2.41. The van der Waals surface area contributed by atoms with Gasteiger partial charge in [-0.05, 0) is 32.9 Å². The van der Waals surface area contributed by atoms with Crippen LogP contribution in [-0.2, 0) is 17.1 Å². The van der Waals surface area contributed by atoms with Crippen LogP contribution in [0.2, 0.25) is 0 Å². The highest BCUT2D eigenvalue weighted by Gasteiger charge is 2.40. The molecule has 3 heterocycles. The zero-order chi connectivity index (χ0) is 25.5. The Morgan fingerprint density at radius 1 is 1.15 bits per heavy atom. The van der Waals surface area contributed by atoms with Crippen LogP contribution in [0, 0.1) is 0 Å². The Labute approximate surface area is 195 Å². The first-order chi connectivity index (χ1) is 15.6. The first-order valence-corrected chi connectivity index (χ1v) is 10.9. The standard InChI is InChI=1S/C20H22F6N4O3S/c1-18(2,3)33-17(32)30-7-6-29(9-12(30)10-31)15-14(28-16(34-15)20(24,25)26)11-4-5-13(27-8-11)19(21,22)23/h4-5,8,12,31H,6-7,9-10H2,1-3H3. The molecule has 3 rings (SSSR count). The first kappa shape index (κ1) is 26.0. The number of aliphatic hydroxyl groups is 1. The lowest BCUT2D eigenvalue weighted by atomic mass is 10.1. The van der Waals surface area contributed by atoms with Gasteiger partial charge in [0.15, 0.2) is 0 Å². The molecule has 34 heavy (non-hydrogen) atoms. The summed E-state index contributed by atoms with van der Waals surface area (Å²) in [5, 5.41) is 8.69. The van der Waals surface area contributed by atoms with Crippen LogP contribution in [-0.4, -0.2) is 64.0 Å². The summed E-state index contributed by atoms with van der Waals surface area (Å²) in [7, 11) is 0. The molecule has 1 aliphatic rings. The SMILES string of the molecule is CC(C)(C)OC(=O)N1CCN(c2sc(C(F)(F)F)nc2-c2ccc(C(F)(F)F)nc2)CC1CO. The maximum Gasteiger partial charge on any atom is 0.443 e. The highest BCUT2D eigenvalue weighted by Crippen LogP contribution is 2.43. The molecular formula is C20H22F6N4O3S. The van der Waals surface area contributed by atoms with E-state index >= 15 is 0 Å². The van der Waals surface area contributed by atoms with Gasteiger partial charge >= 0.3 is 18.4 Å². The van der Waals surface area contributed by atoms with Gasteiger partial charge < -0.3 is 14.7 Å². The quantitative estimate of drug-likeness (QED) is 0.603. The second-order valence-electron chi connectivity index (χ2n) is 8.56. The molecule has 2 aromatic heterocycles. The number of pyridine rings is 1. The number of piperazine rings is 1. The van der Waals surface area contributed by atoms with Crippen molar-refractivity contribution in [1.82, 2.24) is 14.9 Å². The Kier molecular flexibility index (Phi) is 7.04. The van der Waals surface area contributed by atoms with Gasteiger partial charge in [-0.15, -0.1) is 0 Å². The van der Waals surface area contributed by atoms with Crippen molar-refractivity contribution in [3.05, 3.63) is 29.0 Å². The van der Waals surface area contributed by atoms with Crippen molar-refractivity contribution in [3.63, 3.8) is 0 Å². The number of hydrogen-bond donors (Lipinski definition) is 1. The molecule has 7 nitrogen and oxygen atoms in total. The third-order valence-electron chi connectivity index (χ3n) is 4.79. The van der Waals surface area contributed by atoms with Crippen LogP contribution in [0.4, 0.5) is 36.1 Å². The van der Waals surface area contributed by atoms with Gasteiger partial charge in [0.2, 0.25) is 5.01 Å². The van der Waals surface area contributed by atoms with Crippen LogP contribution >= 0.6 is 11.3 Å². The van der Waals surface area contributed by atoms with Crippen molar-refractivity contribution in [2.75, 3.05) is 31.1 Å². The predicted octanol–water partition coefficient (Wildman–Crippen LogP) is 4.66. The van der Waals surface area contributed by atoms with Gasteiger partial charge in [-0.3, -0.25) is 9.88 Å². The number of hydrogen-bond acceptors (Lipinski definition) is 7. The van der Waals surface area contributed by atoms with Crippen LogP contribution in [0.3, 0.4) is 0 Å². The fourth-order valence-corrected chi connectivity index (χ4v) is 4.29. The van der Waals surface area contributed by atoms with Crippen molar-refractivity contribution >= 4 is 22.4 Å². The van der Waals surface area contributed by atoms with Crippen LogP contribution in [0.25, 0.3) is 11.3 Å². The molecule has 1 unspecified atom stereocenters. The maximum atomic E-state index is 13.4. The number of rotatable bonds is 3. The third-order valence-corrected chi connectivity index (χ3v) is 5.95. The third kappa shape index (κ3) is 5.90. The van der Waals surface area contributed by atoms with E-state index in [0.29, 0.717) is 17.4 Å². The molecule has 0 radical (unpaired) electrons. The number of halogens is 6. The number of carbonyl (C=O) groups is 1. The topological polar surface area (TPSA) is 78.8 Å². The van der Waals surface area contributed by atoms with E-state index in [9.17, 15) is 36.2 Å². The Morgan fingerprint density at radius 3 is 2.32 bits per heavy atom. The Bertz CT molecular complexity index is 1020. The number of aromatic nitrogens is 2. The summed E-state index contributed by atoms with van der Waals surface area (Å²) in [4.78, 5) is 22.2. The summed E-state index contributed by atoms with van der Waals surface area (Å²) in [6.45, 7) is 4.66. The molecule has 14 heteroatoms. The fourth-order valence-electron chi connectivity index (χ4n) is 3.29. The second-order valence-corrected chi connectivity index (χ2v) is 9.53. The van der Waals surface area contributed by atoms with Crippen molar-refractivity contribution in [2.24, 2.45) is 0 Å². The number of nitrogens with zero attached hydrogens (tertiary/aromatic N) is 4. The number of anilines is 1. The van der Waals surface area contributed by atoms with Crippen molar-refractivity contribution in [2.45, 2.75) is 44.8 Å². The monoisotopic (exact) mass is 512 g/mol. The van der Waals surface area contributed by atoms with Crippen molar-refractivity contribution in [3.8, 4) is 11.3 Å². The molecule has 1 saturated heterocycles. The van der Waals surface area contributed by atoms with E-state index in [0.717, 1.165) is 12.3 Å². The minimum absolute atomic E-state index is 0.0233. The summed E-state index contributed by atoms with van der Waals surface area (Å²) in [6, 6.07) is 0.899. The Morgan fingerprint density at radius 2 is 1.82 bits per heavy atom. The molecule has 1 aliphatic heterocycles. The molecule has 0 spiro atoms. The maximum absolute atomic E-state index is 13.4. The number of carbonyl (C=O) groups excluding carboxylic acids is 1. The average Bonchev–Trinajstić information content (AvgIpc) is 3.17. The van der Waals surface area contributed by atoms with Gasteiger partial charge in [-0.2, -0.15) is 26.3 Å². The van der Waals surface area contributed by atoms with E-state index in [-0.39, 0.29) is 35.9 Å². The molecule has 1 N–H and O–H groups in total. The second kappa shape index (κ2) is 9.21. The summed E-state index contributed by atoms with van der Waals surface area (Å²) in [6.07, 6.45) is -9.32. The molecule has 1 amide bonds. The van der Waals surface area contributed by atoms with Gasteiger partial charge in [0.05, 0.1) is 12.6 Å². The van der Waals surface area contributed by atoms with E-state index in [4.69, 9.17) is 4.74 Å². The van der Waals surface area contributed by atoms with Gasteiger partial charge in [0.25, 0.3) is 0 Å². The van der Waals surface area contributed by atoms with Gasteiger partial charge in [0.1, 0.15) is 22.0 Å². The van der Waals surface area contributed by atoms with Crippen LogP contribution < -0.4 is 4.90 Å². The molecule has 0 saturated carbocycles. The lowest BCUT2D eigenvalue weighted by Crippen LogP contribution is -2.57. The number of thiazole rings is 1. The fraction of sp³-hybridized carbons (Fsp3) is 0.550. The molecular weight excluding hydrogens is 490 g/mol. The van der Waals surface area contributed by atoms with Crippen LogP contribution in [0.15, 0.2) is 18.3 Å². The first-order valence-electron chi connectivity index (χ1n) is 10.1. The van der Waals surface area contributed by atoms with E-state index < -0.39 is 47.4 Å². The molecule has 2 aromatic rings. The zero-order valence-electron chi connectivity index (χ0n) is 18.4. The summed E-state index contributed by atoms with van der Waals surface area (Å²) in [5.74, 6) is 0. The predicted molar refractivity (Wildman–Crippen MR) is 111 cm³/mol. The lowest BCUT2D eigenvalue weighted by molar-refractivity contribution is -0.141. The summed E-state index contributed by atoms with van der Waals surface area (Å²) < 4.78 is 84.1. The van der Waals surface area contributed by atoms with Gasteiger partial charge in [-0.1, -0.05) is 11.3 Å². The van der Waals surface area contributed by atoms with Crippen molar-refractivity contribution < 1.29 is 41.0 Å². The highest BCUT2D eigenvalue weighted by molar-refractivity contribution is 7.16. The molecule has 1 atom stereocenters. The molecule has 0 bridgehead atoms. The Hall–Kier alpha value is -2.61. The Balaban J connectivity index is 1.93.